The Morgan fingerprint density at radius 3 is 2.06 bits per heavy atom. The summed E-state index contributed by atoms with van der Waals surface area (Å²) in [5, 5.41) is 9.19. The number of hydrogen-bond donors (Lipinski definition) is 1. The summed E-state index contributed by atoms with van der Waals surface area (Å²) in [5.41, 5.74) is 7.57. The zero-order chi connectivity index (χ0) is 23.9. The largest absolute Gasteiger partial charge is 0.385 e. The van der Waals surface area contributed by atoms with Crippen LogP contribution in [-0.4, -0.2) is 36.1 Å². The number of rotatable bonds is 11. The summed E-state index contributed by atoms with van der Waals surface area (Å²) in [6, 6.07) is 25.6. The molecule has 1 unspecified atom stereocenters. The van der Waals surface area contributed by atoms with Gasteiger partial charge in [-0.1, -0.05) is 71.8 Å². The number of benzene rings is 3. The molecule has 0 bridgehead atoms. The molecule has 4 aromatic rings. The lowest BCUT2D eigenvalue weighted by Gasteiger charge is -2.20. The fourth-order valence-electron chi connectivity index (χ4n) is 4.41. The Labute approximate surface area is 202 Å². The Bertz CT molecular complexity index is 1250. The van der Waals surface area contributed by atoms with Crippen LogP contribution >= 0.6 is 0 Å². The fourth-order valence-corrected chi connectivity index (χ4v) is 4.41. The first-order valence-electron chi connectivity index (χ1n) is 12.0. The zero-order valence-electron chi connectivity index (χ0n) is 20.5. The third kappa shape index (κ3) is 5.66. The van der Waals surface area contributed by atoms with Gasteiger partial charge in [0.05, 0.1) is 30.2 Å². The minimum absolute atomic E-state index is 0.0157. The summed E-state index contributed by atoms with van der Waals surface area (Å²) in [6.07, 6.45) is 1.67. The van der Waals surface area contributed by atoms with E-state index in [0.29, 0.717) is 32.0 Å². The standard InChI is InChI=1S/C29H35N3O2/c1-22-9-13-24(14-10-22)19-26(21-34-18-6-17-33-3)32-28-8-5-4-7-27(28)31(29(32)30)20-25-15-11-23(2)12-16-25/h4-5,7-16,26,30H,6,17-21H2,1-3H3. The predicted octanol–water partition coefficient (Wildman–Crippen LogP) is 5.42. The first-order valence-corrected chi connectivity index (χ1v) is 12.0. The van der Waals surface area contributed by atoms with Gasteiger partial charge in [0.2, 0.25) is 5.62 Å². The molecule has 5 heteroatoms. The van der Waals surface area contributed by atoms with Crippen molar-refractivity contribution >= 4 is 11.0 Å². The summed E-state index contributed by atoms with van der Waals surface area (Å²) in [5.74, 6) is 0. The molecule has 0 fully saturated rings. The SMILES string of the molecule is COCCCOCC(Cc1ccc(C)cc1)n1c(=N)n(Cc2ccc(C)cc2)c2ccccc21. The molecule has 0 aliphatic carbocycles. The van der Waals surface area contributed by atoms with Crippen LogP contribution in [0.15, 0.2) is 72.8 Å². The van der Waals surface area contributed by atoms with Crippen molar-refractivity contribution in [3.8, 4) is 0 Å². The van der Waals surface area contributed by atoms with Crippen LogP contribution in [0.2, 0.25) is 0 Å². The minimum atomic E-state index is 0.0157. The van der Waals surface area contributed by atoms with E-state index < -0.39 is 0 Å². The van der Waals surface area contributed by atoms with Crippen LogP contribution in [0.4, 0.5) is 0 Å². The van der Waals surface area contributed by atoms with Gasteiger partial charge in [-0.25, -0.2) is 0 Å². The third-order valence-corrected chi connectivity index (χ3v) is 6.28. The third-order valence-electron chi connectivity index (χ3n) is 6.28. The van der Waals surface area contributed by atoms with Gasteiger partial charge in [0.25, 0.3) is 0 Å². The number of ether oxygens (including phenoxy) is 2. The molecule has 178 valence electrons. The minimum Gasteiger partial charge on any atom is -0.385 e. The Hall–Kier alpha value is -3.15. The number of aromatic nitrogens is 2. The lowest BCUT2D eigenvalue weighted by Crippen LogP contribution is -2.31. The van der Waals surface area contributed by atoms with E-state index in [1.807, 2.05) is 6.07 Å². The van der Waals surface area contributed by atoms with Gasteiger partial charge >= 0.3 is 0 Å². The maximum atomic E-state index is 9.19. The highest BCUT2D eigenvalue weighted by Crippen LogP contribution is 2.22. The summed E-state index contributed by atoms with van der Waals surface area (Å²) in [6.45, 7) is 6.76. The van der Waals surface area contributed by atoms with Crippen LogP contribution in [-0.2, 0) is 22.4 Å². The molecule has 4 rings (SSSR count). The van der Waals surface area contributed by atoms with Crippen molar-refractivity contribution in [2.24, 2.45) is 0 Å². The molecule has 0 aliphatic rings. The van der Waals surface area contributed by atoms with Gasteiger partial charge in [-0.2, -0.15) is 0 Å². The number of methoxy groups -OCH3 is 1. The molecule has 3 aromatic carbocycles. The molecule has 0 saturated heterocycles. The molecule has 0 spiro atoms. The lowest BCUT2D eigenvalue weighted by atomic mass is 10.0. The Balaban J connectivity index is 1.70. The molecule has 0 aliphatic heterocycles. The van der Waals surface area contributed by atoms with Crippen molar-refractivity contribution in [3.05, 3.63) is 101 Å². The molecular weight excluding hydrogens is 422 g/mol. The van der Waals surface area contributed by atoms with Crippen molar-refractivity contribution in [3.63, 3.8) is 0 Å². The molecule has 1 heterocycles. The summed E-state index contributed by atoms with van der Waals surface area (Å²) >= 11 is 0. The highest BCUT2D eigenvalue weighted by molar-refractivity contribution is 5.76. The number of nitrogens with zero attached hydrogens (tertiary/aromatic N) is 2. The van der Waals surface area contributed by atoms with Crippen LogP contribution in [0.1, 0.15) is 34.7 Å². The van der Waals surface area contributed by atoms with Crippen LogP contribution < -0.4 is 5.62 Å². The second kappa shape index (κ2) is 11.3. The number of para-hydroxylation sites is 2. The first-order chi connectivity index (χ1) is 16.6. The first kappa shape index (κ1) is 24.0. The maximum absolute atomic E-state index is 9.19. The van der Waals surface area contributed by atoms with Crippen LogP contribution in [0.3, 0.4) is 0 Å². The average molecular weight is 458 g/mol. The zero-order valence-corrected chi connectivity index (χ0v) is 20.5. The molecular formula is C29H35N3O2. The highest BCUT2D eigenvalue weighted by atomic mass is 16.5. The van der Waals surface area contributed by atoms with E-state index in [0.717, 1.165) is 23.9 Å². The summed E-state index contributed by atoms with van der Waals surface area (Å²) < 4.78 is 15.5. The predicted molar refractivity (Wildman–Crippen MR) is 137 cm³/mol. The van der Waals surface area contributed by atoms with Crippen molar-refractivity contribution in [1.82, 2.24) is 9.13 Å². The molecule has 0 saturated carbocycles. The molecule has 34 heavy (non-hydrogen) atoms. The monoisotopic (exact) mass is 457 g/mol. The van der Waals surface area contributed by atoms with E-state index in [1.54, 1.807) is 7.11 Å². The Kier molecular flexibility index (Phi) is 7.99. The van der Waals surface area contributed by atoms with Crippen molar-refractivity contribution in [2.45, 2.75) is 39.3 Å². The number of imidazole rings is 1. The van der Waals surface area contributed by atoms with Crippen molar-refractivity contribution in [1.29, 1.82) is 5.41 Å². The smallest absolute Gasteiger partial charge is 0.203 e. The second-order valence-corrected chi connectivity index (χ2v) is 9.02. The van der Waals surface area contributed by atoms with Gasteiger partial charge in [0.1, 0.15) is 0 Å². The van der Waals surface area contributed by atoms with Crippen molar-refractivity contribution < 1.29 is 9.47 Å². The van der Waals surface area contributed by atoms with Gasteiger partial charge in [0, 0.05) is 20.3 Å². The number of fused-ring (bicyclic) bond motifs is 1. The molecule has 0 amide bonds. The van der Waals surface area contributed by atoms with Gasteiger partial charge in [0.15, 0.2) is 0 Å². The summed E-state index contributed by atoms with van der Waals surface area (Å²) in [4.78, 5) is 0. The molecule has 1 aromatic heterocycles. The van der Waals surface area contributed by atoms with E-state index in [9.17, 15) is 5.41 Å². The van der Waals surface area contributed by atoms with Crippen LogP contribution in [0.25, 0.3) is 11.0 Å². The summed E-state index contributed by atoms with van der Waals surface area (Å²) in [7, 11) is 1.71. The normalized spacial score (nSPS) is 12.3. The second-order valence-electron chi connectivity index (χ2n) is 9.02. The highest BCUT2D eigenvalue weighted by Gasteiger charge is 2.20. The van der Waals surface area contributed by atoms with Gasteiger partial charge in [-0.3, -0.25) is 5.41 Å². The van der Waals surface area contributed by atoms with E-state index in [2.05, 4.69) is 89.7 Å². The fraction of sp³-hybridized carbons (Fsp3) is 0.345. The van der Waals surface area contributed by atoms with E-state index in [1.165, 1.54) is 22.3 Å². The van der Waals surface area contributed by atoms with Crippen LogP contribution in [0, 0.1) is 19.3 Å². The topological polar surface area (TPSA) is 52.2 Å². The molecule has 1 atom stereocenters. The Morgan fingerprint density at radius 1 is 0.794 bits per heavy atom. The van der Waals surface area contributed by atoms with Crippen LogP contribution in [0.5, 0.6) is 0 Å². The van der Waals surface area contributed by atoms with E-state index in [4.69, 9.17) is 9.47 Å². The number of nitrogens with one attached hydrogen (secondary N) is 1. The molecule has 1 N–H and O–H groups in total. The van der Waals surface area contributed by atoms with Gasteiger partial charge in [-0.15, -0.1) is 0 Å². The average Bonchev–Trinajstić information content (AvgIpc) is 3.12. The lowest BCUT2D eigenvalue weighted by molar-refractivity contribution is 0.0805. The number of hydrogen-bond acceptors (Lipinski definition) is 3. The molecule has 5 nitrogen and oxygen atoms in total. The van der Waals surface area contributed by atoms with Crippen molar-refractivity contribution in [2.75, 3.05) is 26.9 Å². The van der Waals surface area contributed by atoms with E-state index >= 15 is 0 Å². The maximum Gasteiger partial charge on any atom is 0.203 e. The van der Waals surface area contributed by atoms with Gasteiger partial charge in [-0.05, 0) is 49.9 Å². The van der Waals surface area contributed by atoms with Gasteiger partial charge < -0.3 is 18.6 Å². The Morgan fingerprint density at radius 2 is 1.41 bits per heavy atom. The molecule has 0 radical (unpaired) electrons. The van der Waals surface area contributed by atoms with E-state index in [-0.39, 0.29) is 6.04 Å². The quantitative estimate of drug-likeness (QED) is 0.306. The number of aryl methyl sites for hydroxylation is 2.